The molecule has 40 heavy (non-hydrogen) atoms. The maximum Gasteiger partial charge on any atom is 0.266 e. The molecule has 0 saturated carbocycles. The van der Waals surface area contributed by atoms with Crippen LogP contribution in [0.25, 0.3) is 16.6 Å². The molecule has 0 atom stereocenters. The van der Waals surface area contributed by atoms with Crippen molar-refractivity contribution >= 4 is 28.6 Å². The summed E-state index contributed by atoms with van der Waals surface area (Å²) in [6.45, 7) is 4.64. The minimum atomic E-state index is -0.196. The number of hydrogen-bond donors (Lipinski definition) is 0. The number of amides is 1. The van der Waals surface area contributed by atoms with E-state index < -0.39 is 0 Å². The number of hydrogen-bond acceptors (Lipinski definition) is 5. The zero-order valence-electron chi connectivity index (χ0n) is 23.0. The van der Waals surface area contributed by atoms with Crippen LogP contribution in [0.5, 0.6) is 5.75 Å². The molecular formula is C33H31N3O3S. The van der Waals surface area contributed by atoms with E-state index in [2.05, 4.69) is 32.0 Å². The summed E-state index contributed by atoms with van der Waals surface area (Å²) in [6, 6.07) is 28.7. The van der Waals surface area contributed by atoms with Gasteiger partial charge in [0.1, 0.15) is 5.75 Å². The Morgan fingerprint density at radius 1 is 0.950 bits per heavy atom. The van der Waals surface area contributed by atoms with Gasteiger partial charge in [-0.1, -0.05) is 71.9 Å². The van der Waals surface area contributed by atoms with Gasteiger partial charge in [0.15, 0.2) is 5.16 Å². The van der Waals surface area contributed by atoms with Gasteiger partial charge in [-0.2, -0.15) is 0 Å². The van der Waals surface area contributed by atoms with Crippen molar-refractivity contribution in [3.8, 4) is 11.4 Å². The highest BCUT2D eigenvalue weighted by Crippen LogP contribution is 2.28. The third-order valence-electron chi connectivity index (χ3n) is 6.87. The quantitative estimate of drug-likeness (QED) is 0.162. The predicted molar refractivity (Wildman–Crippen MR) is 162 cm³/mol. The molecule has 0 unspecified atom stereocenters. The van der Waals surface area contributed by atoms with E-state index in [1.54, 1.807) is 41.8 Å². The highest BCUT2D eigenvalue weighted by Gasteiger charge is 2.18. The van der Waals surface area contributed by atoms with Crippen molar-refractivity contribution in [2.24, 2.45) is 0 Å². The molecule has 5 aromatic rings. The summed E-state index contributed by atoms with van der Waals surface area (Å²) in [5.74, 6) is 1.17. The Balaban J connectivity index is 1.56. The minimum absolute atomic E-state index is 0.130. The number of thioether (sulfide) groups is 1. The van der Waals surface area contributed by atoms with E-state index in [4.69, 9.17) is 9.72 Å². The fraction of sp³-hybridized carbons (Fsp3) is 0.182. The first-order valence-electron chi connectivity index (χ1n) is 13.0. The SMILES string of the molecule is COc1cccc(-n2c(SCc3cc(C)ccc3C)nc3cc(C(=O)N(C)Cc4ccccc4)ccc3c2=O)c1. The van der Waals surface area contributed by atoms with Crippen molar-refractivity contribution in [3.63, 3.8) is 0 Å². The van der Waals surface area contributed by atoms with Crippen molar-refractivity contribution in [2.75, 3.05) is 14.2 Å². The molecule has 0 aliphatic rings. The molecule has 0 spiro atoms. The van der Waals surface area contributed by atoms with E-state index >= 15 is 0 Å². The summed E-state index contributed by atoms with van der Waals surface area (Å²) in [5.41, 5.74) is 6.05. The zero-order chi connectivity index (χ0) is 28.2. The number of ether oxygens (including phenoxy) is 1. The molecule has 5 rings (SSSR count). The molecule has 1 aromatic heterocycles. The van der Waals surface area contributed by atoms with Crippen LogP contribution in [0.15, 0.2) is 101 Å². The number of aryl methyl sites for hydroxylation is 2. The van der Waals surface area contributed by atoms with Gasteiger partial charge in [-0.15, -0.1) is 0 Å². The largest absolute Gasteiger partial charge is 0.497 e. The highest BCUT2D eigenvalue weighted by atomic mass is 32.2. The Bertz CT molecular complexity index is 1750. The van der Waals surface area contributed by atoms with Gasteiger partial charge in [0.25, 0.3) is 11.5 Å². The maximum atomic E-state index is 13.9. The molecule has 1 heterocycles. The molecule has 0 saturated heterocycles. The van der Waals surface area contributed by atoms with Gasteiger partial charge in [-0.3, -0.25) is 14.2 Å². The van der Waals surface area contributed by atoms with E-state index in [1.165, 1.54) is 28.5 Å². The third kappa shape index (κ3) is 5.80. The normalized spacial score (nSPS) is 11.0. The lowest BCUT2D eigenvalue weighted by atomic mass is 10.1. The van der Waals surface area contributed by atoms with Gasteiger partial charge in [-0.25, -0.2) is 4.98 Å². The van der Waals surface area contributed by atoms with Gasteiger partial charge >= 0.3 is 0 Å². The molecule has 0 aliphatic heterocycles. The molecule has 0 bridgehead atoms. The lowest BCUT2D eigenvalue weighted by Gasteiger charge is -2.18. The first kappa shape index (κ1) is 27.2. The third-order valence-corrected chi connectivity index (χ3v) is 7.86. The van der Waals surface area contributed by atoms with E-state index in [9.17, 15) is 9.59 Å². The summed E-state index contributed by atoms with van der Waals surface area (Å²) in [7, 11) is 3.38. The van der Waals surface area contributed by atoms with Gasteiger partial charge in [0, 0.05) is 31.0 Å². The zero-order valence-corrected chi connectivity index (χ0v) is 23.9. The number of carbonyl (C=O) groups excluding carboxylic acids is 1. The van der Waals surface area contributed by atoms with E-state index in [0.29, 0.717) is 45.4 Å². The molecule has 7 heteroatoms. The fourth-order valence-corrected chi connectivity index (χ4v) is 5.70. The number of benzene rings is 4. The Morgan fingerprint density at radius 3 is 2.52 bits per heavy atom. The molecule has 202 valence electrons. The summed E-state index contributed by atoms with van der Waals surface area (Å²) < 4.78 is 7.05. The molecule has 0 fully saturated rings. The maximum absolute atomic E-state index is 13.9. The second-order valence-corrected chi connectivity index (χ2v) is 10.8. The second-order valence-electron chi connectivity index (χ2n) is 9.83. The Morgan fingerprint density at radius 2 is 1.75 bits per heavy atom. The van der Waals surface area contributed by atoms with Crippen molar-refractivity contribution in [1.82, 2.24) is 14.5 Å². The second kappa shape index (κ2) is 11.8. The molecule has 0 N–H and O–H groups in total. The van der Waals surface area contributed by atoms with Crippen LogP contribution in [0.2, 0.25) is 0 Å². The van der Waals surface area contributed by atoms with Crippen LogP contribution in [-0.2, 0) is 12.3 Å². The number of fused-ring (bicyclic) bond motifs is 1. The van der Waals surface area contributed by atoms with Crippen LogP contribution in [-0.4, -0.2) is 34.5 Å². The van der Waals surface area contributed by atoms with Gasteiger partial charge in [-0.05, 0) is 60.9 Å². The lowest BCUT2D eigenvalue weighted by Crippen LogP contribution is -2.26. The Hall–Kier alpha value is -4.36. The van der Waals surface area contributed by atoms with E-state index in [1.807, 2.05) is 54.6 Å². The standard InChI is InChI=1S/C33H31N3O3S/c1-22-13-14-23(2)26(17-22)21-40-33-34-30-18-25(31(37)35(3)20-24-9-6-5-7-10-24)15-16-29(30)32(38)36(33)27-11-8-12-28(19-27)39-4/h5-19H,20-21H2,1-4H3. The molecule has 0 radical (unpaired) electrons. The number of nitrogens with zero attached hydrogens (tertiary/aromatic N) is 3. The average Bonchev–Trinajstić information content (AvgIpc) is 2.97. The fourth-order valence-electron chi connectivity index (χ4n) is 4.62. The van der Waals surface area contributed by atoms with Crippen molar-refractivity contribution in [1.29, 1.82) is 0 Å². The first-order valence-corrected chi connectivity index (χ1v) is 14.0. The summed E-state index contributed by atoms with van der Waals surface area (Å²) in [4.78, 5) is 33.8. The number of carbonyl (C=O) groups is 1. The smallest absolute Gasteiger partial charge is 0.266 e. The van der Waals surface area contributed by atoms with Crippen LogP contribution >= 0.6 is 11.8 Å². The van der Waals surface area contributed by atoms with Gasteiger partial charge < -0.3 is 9.64 Å². The Labute approximate surface area is 238 Å². The minimum Gasteiger partial charge on any atom is -0.497 e. The first-order chi connectivity index (χ1) is 19.3. The highest BCUT2D eigenvalue weighted by molar-refractivity contribution is 7.98. The summed E-state index contributed by atoms with van der Waals surface area (Å²) >= 11 is 1.50. The monoisotopic (exact) mass is 549 g/mol. The number of methoxy groups -OCH3 is 1. The molecular weight excluding hydrogens is 518 g/mol. The molecule has 1 amide bonds. The van der Waals surface area contributed by atoms with Crippen LogP contribution in [0.1, 0.15) is 32.6 Å². The van der Waals surface area contributed by atoms with Crippen molar-refractivity contribution in [2.45, 2.75) is 31.3 Å². The summed E-state index contributed by atoms with van der Waals surface area (Å²) in [5, 5.41) is 0.995. The predicted octanol–water partition coefficient (Wildman–Crippen LogP) is 6.58. The lowest BCUT2D eigenvalue weighted by molar-refractivity contribution is 0.0785. The molecule has 0 aliphatic carbocycles. The van der Waals surface area contributed by atoms with Crippen molar-refractivity contribution < 1.29 is 9.53 Å². The average molecular weight is 550 g/mol. The molecule has 4 aromatic carbocycles. The van der Waals surface area contributed by atoms with E-state index in [0.717, 1.165) is 5.56 Å². The number of rotatable bonds is 8. The molecule has 6 nitrogen and oxygen atoms in total. The van der Waals surface area contributed by atoms with Crippen molar-refractivity contribution in [3.05, 3.63) is 129 Å². The van der Waals surface area contributed by atoms with Crippen LogP contribution in [0.3, 0.4) is 0 Å². The Kier molecular flexibility index (Phi) is 8.03. The van der Waals surface area contributed by atoms with Gasteiger partial charge in [0.2, 0.25) is 0 Å². The van der Waals surface area contributed by atoms with Crippen LogP contribution < -0.4 is 10.3 Å². The van der Waals surface area contributed by atoms with Crippen LogP contribution in [0.4, 0.5) is 0 Å². The van der Waals surface area contributed by atoms with Gasteiger partial charge in [0.05, 0.1) is 23.7 Å². The topological polar surface area (TPSA) is 64.4 Å². The van der Waals surface area contributed by atoms with E-state index in [-0.39, 0.29) is 11.5 Å². The summed E-state index contributed by atoms with van der Waals surface area (Å²) in [6.07, 6.45) is 0. The number of aromatic nitrogens is 2. The van der Waals surface area contributed by atoms with Crippen LogP contribution in [0, 0.1) is 13.8 Å².